The number of hydrogen-bond acceptors (Lipinski definition) is 4. The Morgan fingerprint density at radius 3 is 3.06 bits per heavy atom. The van der Waals surface area contributed by atoms with Gasteiger partial charge in [-0.1, -0.05) is 6.92 Å². The summed E-state index contributed by atoms with van der Waals surface area (Å²) >= 11 is 0. The molecule has 2 rings (SSSR count). The lowest BCUT2D eigenvalue weighted by Gasteiger charge is -2.21. The fraction of sp³-hybridized carbons (Fsp3) is 0.667. The zero-order valence-electron chi connectivity index (χ0n) is 9.89. The van der Waals surface area contributed by atoms with Gasteiger partial charge in [-0.2, -0.15) is 0 Å². The molecule has 0 amide bonds. The van der Waals surface area contributed by atoms with Gasteiger partial charge >= 0.3 is 0 Å². The summed E-state index contributed by atoms with van der Waals surface area (Å²) in [5.41, 5.74) is 6.45. The monoisotopic (exact) mass is 220 g/mol. The predicted molar refractivity (Wildman–Crippen MR) is 65.2 cm³/mol. The van der Waals surface area contributed by atoms with E-state index in [4.69, 9.17) is 5.73 Å². The largest absolute Gasteiger partial charge is 0.355 e. The van der Waals surface area contributed by atoms with E-state index in [0.717, 1.165) is 30.5 Å². The summed E-state index contributed by atoms with van der Waals surface area (Å²) in [6.45, 7) is 4.97. The molecule has 2 heterocycles. The molecule has 1 aliphatic heterocycles. The second-order valence-electron chi connectivity index (χ2n) is 4.60. The normalized spacial score (nSPS) is 21.9. The number of anilines is 1. The van der Waals surface area contributed by atoms with E-state index in [1.54, 1.807) is 6.20 Å². The van der Waals surface area contributed by atoms with Crippen LogP contribution in [0.25, 0.3) is 0 Å². The second-order valence-corrected chi connectivity index (χ2v) is 4.60. The SMILES string of the molecule is CC1CCCN(c2cncc(CN)n2)CC1. The first kappa shape index (κ1) is 11.3. The topological polar surface area (TPSA) is 55.0 Å². The van der Waals surface area contributed by atoms with Crippen LogP contribution < -0.4 is 10.6 Å². The lowest BCUT2D eigenvalue weighted by molar-refractivity contribution is 0.521. The van der Waals surface area contributed by atoms with Crippen LogP contribution in [0, 0.1) is 5.92 Å². The van der Waals surface area contributed by atoms with Gasteiger partial charge in [-0.15, -0.1) is 0 Å². The van der Waals surface area contributed by atoms with Crippen LogP contribution in [0.2, 0.25) is 0 Å². The number of nitrogens with zero attached hydrogens (tertiary/aromatic N) is 3. The van der Waals surface area contributed by atoms with E-state index < -0.39 is 0 Å². The Labute approximate surface area is 96.9 Å². The Kier molecular flexibility index (Phi) is 3.72. The van der Waals surface area contributed by atoms with Crippen LogP contribution in [-0.2, 0) is 6.54 Å². The minimum Gasteiger partial charge on any atom is -0.355 e. The highest BCUT2D eigenvalue weighted by Gasteiger charge is 2.15. The van der Waals surface area contributed by atoms with Crippen LogP contribution in [0.1, 0.15) is 31.9 Å². The van der Waals surface area contributed by atoms with Crippen LogP contribution >= 0.6 is 0 Å². The van der Waals surface area contributed by atoms with Crippen molar-refractivity contribution in [1.29, 1.82) is 0 Å². The molecule has 1 saturated heterocycles. The Morgan fingerprint density at radius 1 is 1.38 bits per heavy atom. The van der Waals surface area contributed by atoms with Crippen molar-refractivity contribution in [2.24, 2.45) is 11.7 Å². The number of aromatic nitrogens is 2. The molecule has 0 bridgehead atoms. The fourth-order valence-corrected chi connectivity index (χ4v) is 2.14. The van der Waals surface area contributed by atoms with Crippen LogP contribution in [-0.4, -0.2) is 23.1 Å². The maximum Gasteiger partial charge on any atom is 0.147 e. The molecule has 4 nitrogen and oxygen atoms in total. The second kappa shape index (κ2) is 5.25. The third kappa shape index (κ3) is 2.70. The van der Waals surface area contributed by atoms with E-state index in [0.29, 0.717) is 6.54 Å². The lowest BCUT2D eigenvalue weighted by Crippen LogP contribution is -2.25. The maximum atomic E-state index is 5.58. The van der Waals surface area contributed by atoms with Crippen LogP contribution in [0.3, 0.4) is 0 Å². The predicted octanol–water partition coefficient (Wildman–Crippen LogP) is 1.56. The molecule has 0 saturated carbocycles. The van der Waals surface area contributed by atoms with Gasteiger partial charge in [0.1, 0.15) is 5.82 Å². The summed E-state index contributed by atoms with van der Waals surface area (Å²) < 4.78 is 0. The van der Waals surface area contributed by atoms with Crippen molar-refractivity contribution in [3.63, 3.8) is 0 Å². The summed E-state index contributed by atoms with van der Waals surface area (Å²) in [5, 5.41) is 0. The lowest BCUT2D eigenvalue weighted by atomic mass is 10.0. The Hall–Kier alpha value is -1.16. The molecule has 2 N–H and O–H groups in total. The van der Waals surface area contributed by atoms with Gasteiger partial charge < -0.3 is 10.6 Å². The summed E-state index contributed by atoms with van der Waals surface area (Å²) in [6, 6.07) is 0. The molecule has 0 aromatic carbocycles. The molecule has 0 aliphatic carbocycles. The average Bonchev–Trinajstić information content (AvgIpc) is 2.54. The third-order valence-corrected chi connectivity index (χ3v) is 3.22. The van der Waals surface area contributed by atoms with E-state index in [2.05, 4.69) is 21.8 Å². The third-order valence-electron chi connectivity index (χ3n) is 3.22. The van der Waals surface area contributed by atoms with E-state index >= 15 is 0 Å². The van der Waals surface area contributed by atoms with Crippen molar-refractivity contribution in [2.45, 2.75) is 32.7 Å². The first-order valence-electron chi connectivity index (χ1n) is 6.05. The molecule has 1 aromatic heterocycles. The van der Waals surface area contributed by atoms with Gasteiger partial charge in [0.15, 0.2) is 0 Å². The minimum atomic E-state index is 0.463. The van der Waals surface area contributed by atoms with Gasteiger partial charge in [0.25, 0.3) is 0 Å². The summed E-state index contributed by atoms with van der Waals surface area (Å²) in [5.74, 6) is 1.81. The highest BCUT2D eigenvalue weighted by atomic mass is 15.2. The molecule has 1 unspecified atom stereocenters. The van der Waals surface area contributed by atoms with Crippen LogP contribution in [0.5, 0.6) is 0 Å². The van der Waals surface area contributed by atoms with Gasteiger partial charge in [0.2, 0.25) is 0 Å². The van der Waals surface area contributed by atoms with Crippen molar-refractivity contribution < 1.29 is 0 Å². The molecule has 16 heavy (non-hydrogen) atoms. The molecule has 1 aromatic rings. The number of rotatable bonds is 2. The first-order valence-corrected chi connectivity index (χ1v) is 6.05. The summed E-state index contributed by atoms with van der Waals surface area (Å²) in [7, 11) is 0. The molecule has 88 valence electrons. The average molecular weight is 220 g/mol. The Morgan fingerprint density at radius 2 is 2.25 bits per heavy atom. The molecule has 0 radical (unpaired) electrons. The van der Waals surface area contributed by atoms with E-state index in [1.807, 2.05) is 6.20 Å². The van der Waals surface area contributed by atoms with Crippen LogP contribution in [0.15, 0.2) is 12.4 Å². The highest BCUT2D eigenvalue weighted by Crippen LogP contribution is 2.20. The zero-order valence-corrected chi connectivity index (χ0v) is 9.89. The standard InChI is InChI=1S/C12H20N4/c1-10-3-2-5-16(6-4-10)12-9-14-8-11(7-13)15-12/h8-10H,2-7,13H2,1H3. The molecular weight excluding hydrogens is 200 g/mol. The summed E-state index contributed by atoms with van der Waals surface area (Å²) in [4.78, 5) is 11.0. The molecule has 1 aliphatic rings. The first-order chi connectivity index (χ1) is 7.79. The smallest absolute Gasteiger partial charge is 0.147 e. The number of nitrogens with two attached hydrogens (primary N) is 1. The molecule has 1 atom stereocenters. The Bertz CT molecular complexity index is 340. The van der Waals surface area contributed by atoms with Gasteiger partial charge in [0.05, 0.1) is 11.9 Å². The highest BCUT2D eigenvalue weighted by molar-refractivity contribution is 5.36. The molecule has 4 heteroatoms. The number of hydrogen-bond donors (Lipinski definition) is 1. The molecule has 0 spiro atoms. The molecule has 1 fully saturated rings. The minimum absolute atomic E-state index is 0.463. The van der Waals surface area contributed by atoms with Gasteiger partial charge in [0, 0.05) is 25.8 Å². The van der Waals surface area contributed by atoms with Crippen molar-refractivity contribution in [2.75, 3.05) is 18.0 Å². The zero-order chi connectivity index (χ0) is 11.4. The van der Waals surface area contributed by atoms with Gasteiger partial charge in [-0.3, -0.25) is 4.98 Å². The maximum absolute atomic E-state index is 5.58. The fourth-order valence-electron chi connectivity index (χ4n) is 2.14. The van der Waals surface area contributed by atoms with Gasteiger partial charge in [-0.25, -0.2) is 4.98 Å². The quantitative estimate of drug-likeness (QED) is 0.822. The van der Waals surface area contributed by atoms with Crippen molar-refractivity contribution in [3.8, 4) is 0 Å². The molecular formula is C12H20N4. The van der Waals surface area contributed by atoms with E-state index in [1.165, 1.54) is 19.3 Å². The van der Waals surface area contributed by atoms with Crippen molar-refractivity contribution >= 4 is 5.82 Å². The van der Waals surface area contributed by atoms with Gasteiger partial charge in [-0.05, 0) is 25.2 Å². The Balaban J connectivity index is 2.10. The van der Waals surface area contributed by atoms with Crippen LogP contribution in [0.4, 0.5) is 5.82 Å². The summed E-state index contributed by atoms with van der Waals surface area (Å²) in [6.07, 6.45) is 7.39. The van der Waals surface area contributed by atoms with Crippen molar-refractivity contribution in [3.05, 3.63) is 18.1 Å². The van der Waals surface area contributed by atoms with Crippen molar-refractivity contribution in [1.82, 2.24) is 9.97 Å². The van der Waals surface area contributed by atoms with E-state index in [-0.39, 0.29) is 0 Å². The van der Waals surface area contributed by atoms with E-state index in [9.17, 15) is 0 Å².